The molecule has 0 aromatic rings. The summed E-state index contributed by atoms with van der Waals surface area (Å²) in [5.41, 5.74) is 0.915. The maximum atomic E-state index is 11.1. The zero-order valence-electron chi connectivity index (χ0n) is 17.8. The first-order chi connectivity index (χ1) is 12.1. The van der Waals surface area contributed by atoms with E-state index in [0.717, 1.165) is 12.8 Å². The fourth-order valence-electron chi connectivity index (χ4n) is 1.39. The van der Waals surface area contributed by atoms with Gasteiger partial charge in [0.1, 0.15) is 5.78 Å². The zero-order valence-corrected chi connectivity index (χ0v) is 17.8. The molecule has 0 aromatic heterocycles. The fourth-order valence-corrected chi connectivity index (χ4v) is 1.39. The number of rotatable bonds is 9. The van der Waals surface area contributed by atoms with E-state index in [1.807, 2.05) is 6.92 Å². The quantitative estimate of drug-likeness (QED) is 0.420. The Morgan fingerprint density at radius 3 is 1.62 bits per heavy atom. The second-order valence-corrected chi connectivity index (χ2v) is 6.12. The zero-order chi connectivity index (χ0) is 21.1. The Morgan fingerprint density at radius 2 is 1.38 bits per heavy atom. The maximum absolute atomic E-state index is 11.1. The van der Waals surface area contributed by atoms with E-state index in [-0.39, 0.29) is 17.7 Å². The van der Waals surface area contributed by atoms with Gasteiger partial charge in [0.2, 0.25) is 0 Å². The Morgan fingerprint density at radius 1 is 0.923 bits per heavy atom. The van der Waals surface area contributed by atoms with Crippen LogP contribution in [0.25, 0.3) is 0 Å². The molecule has 5 nitrogen and oxygen atoms in total. The lowest BCUT2D eigenvalue weighted by atomic mass is 10.0. The number of ether oxygens (including phenoxy) is 2. The molecular formula is C21H38O5. The number of methoxy groups -OCH3 is 1. The van der Waals surface area contributed by atoms with Gasteiger partial charge in [-0.25, -0.2) is 9.59 Å². The van der Waals surface area contributed by atoms with E-state index in [1.54, 1.807) is 20.8 Å². The number of esters is 2. The van der Waals surface area contributed by atoms with Crippen LogP contribution in [0, 0.1) is 5.92 Å². The molecule has 0 saturated heterocycles. The molecule has 0 aliphatic heterocycles. The van der Waals surface area contributed by atoms with Crippen molar-refractivity contribution in [1.82, 2.24) is 0 Å². The highest BCUT2D eigenvalue weighted by Gasteiger charge is 2.09. The van der Waals surface area contributed by atoms with Crippen molar-refractivity contribution in [3.63, 3.8) is 0 Å². The summed E-state index contributed by atoms with van der Waals surface area (Å²) in [6.45, 7) is 18.5. The molecule has 0 radical (unpaired) electrons. The first-order valence-corrected chi connectivity index (χ1v) is 9.12. The standard InChI is InChI=1S/C12H22O2.C5H8O2.C4H8O/c1-5-7-8-11(6-2)9-14-12(13)10(3)4;1-4(2)5(6)7-3;1-3-4(2)5/h11H,3,5-9H2,1-2,4H3;1H2,2-3H3;3H2,1-2H3. The second-order valence-electron chi connectivity index (χ2n) is 6.12. The molecule has 5 heteroatoms. The average Bonchev–Trinajstić information content (AvgIpc) is 2.61. The molecule has 0 amide bonds. The average molecular weight is 371 g/mol. The molecule has 0 spiro atoms. The van der Waals surface area contributed by atoms with Crippen molar-refractivity contribution in [2.24, 2.45) is 5.92 Å². The normalized spacial score (nSPS) is 10.1. The third-order valence-electron chi connectivity index (χ3n) is 3.37. The number of ketones is 1. The van der Waals surface area contributed by atoms with Gasteiger partial charge in [0, 0.05) is 17.6 Å². The van der Waals surface area contributed by atoms with Gasteiger partial charge in [-0.2, -0.15) is 0 Å². The number of hydrogen-bond donors (Lipinski definition) is 0. The highest BCUT2D eigenvalue weighted by Crippen LogP contribution is 2.13. The monoisotopic (exact) mass is 370 g/mol. The van der Waals surface area contributed by atoms with Gasteiger partial charge in [0.05, 0.1) is 13.7 Å². The smallest absolute Gasteiger partial charge is 0.333 e. The molecule has 0 aliphatic carbocycles. The minimum Gasteiger partial charge on any atom is -0.466 e. The first kappa shape index (κ1) is 28.9. The molecule has 0 saturated carbocycles. The summed E-state index contributed by atoms with van der Waals surface area (Å²) >= 11 is 0. The lowest BCUT2D eigenvalue weighted by Gasteiger charge is -2.14. The summed E-state index contributed by atoms with van der Waals surface area (Å²) in [6, 6.07) is 0. The van der Waals surface area contributed by atoms with Gasteiger partial charge < -0.3 is 14.3 Å². The molecule has 0 aromatic carbocycles. The van der Waals surface area contributed by atoms with E-state index in [0.29, 0.717) is 30.1 Å². The summed E-state index contributed by atoms with van der Waals surface area (Å²) in [5.74, 6) is 0.156. The summed E-state index contributed by atoms with van der Waals surface area (Å²) in [5, 5.41) is 0. The van der Waals surface area contributed by atoms with Gasteiger partial charge in [-0.15, -0.1) is 0 Å². The lowest BCUT2D eigenvalue weighted by Crippen LogP contribution is -2.14. The van der Waals surface area contributed by atoms with Crippen molar-refractivity contribution in [2.45, 2.75) is 73.6 Å². The van der Waals surface area contributed by atoms with E-state index in [4.69, 9.17) is 4.74 Å². The van der Waals surface area contributed by atoms with Gasteiger partial charge in [-0.1, -0.05) is 53.2 Å². The van der Waals surface area contributed by atoms with Gasteiger partial charge in [-0.3, -0.25) is 0 Å². The molecule has 0 fully saturated rings. The minimum absolute atomic E-state index is 0.255. The largest absolute Gasteiger partial charge is 0.466 e. The molecule has 26 heavy (non-hydrogen) atoms. The van der Waals surface area contributed by atoms with Crippen LogP contribution in [0.5, 0.6) is 0 Å². The van der Waals surface area contributed by atoms with Gasteiger partial charge in [-0.05, 0) is 33.1 Å². The first-order valence-electron chi connectivity index (χ1n) is 9.12. The molecule has 0 bridgehead atoms. The van der Waals surface area contributed by atoms with Gasteiger partial charge in [0.15, 0.2) is 0 Å². The van der Waals surface area contributed by atoms with Crippen LogP contribution in [0.4, 0.5) is 0 Å². The third kappa shape index (κ3) is 22.1. The van der Waals surface area contributed by atoms with E-state index < -0.39 is 0 Å². The maximum Gasteiger partial charge on any atom is 0.333 e. The van der Waals surface area contributed by atoms with Crippen LogP contribution >= 0.6 is 0 Å². The van der Waals surface area contributed by atoms with Crippen LogP contribution in [0.2, 0.25) is 0 Å². The van der Waals surface area contributed by atoms with Crippen LogP contribution in [0.15, 0.2) is 24.3 Å². The van der Waals surface area contributed by atoms with E-state index in [2.05, 4.69) is 31.7 Å². The van der Waals surface area contributed by atoms with Crippen LogP contribution in [-0.4, -0.2) is 31.4 Å². The number of Topliss-reactive ketones (excluding diaryl/α,β-unsaturated/α-hetero) is 1. The van der Waals surface area contributed by atoms with Crippen molar-refractivity contribution in [2.75, 3.05) is 13.7 Å². The number of carbonyl (C=O) groups excluding carboxylic acids is 3. The predicted octanol–water partition coefficient (Wildman–Crippen LogP) is 5.04. The van der Waals surface area contributed by atoms with Crippen molar-refractivity contribution in [3.8, 4) is 0 Å². The molecule has 0 heterocycles. The predicted molar refractivity (Wildman–Crippen MR) is 107 cm³/mol. The highest BCUT2D eigenvalue weighted by atomic mass is 16.5. The Balaban J connectivity index is -0.000000366. The second kappa shape index (κ2) is 19.4. The van der Waals surface area contributed by atoms with E-state index in [1.165, 1.54) is 20.0 Å². The summed E-state index contributed by atoms with van der Waals surface area (Å²) in [4.78, 5) is 31.1. The van der Waals surface area contributed by atoms with Crippen LogP contribution in [0.3, 0.4) is 0 Å². The summed E-state index contributed by atoms with van der Waals surface area (Å²) in [6.07, 6.45) is 5.30. The van der Waals surface area contributed by atoms with Crippen LogP contribution in [0.1, 0.15) is 73.6 Å². The number of unbranched alkanes of at least 4 members (excludes halogenated alkanes) is 1. The number of carbonyl (C=O) groups is 3. The molecule has 0 rings (SSSR count). The Hall–Kier alpha value is -1.91. The van der Waals surface area contributed by atoms with Crippen molar-refractivity contribution in [3.05, 3.63) is 24.3 Å². The lowest BCUT2D eigenvalue weighted by molar-refractivity contribution is -0.140. The molecular weight excluding hydrogens is 332 g/mol. The molecule has 0 N–H and O–H groups in total. The van der Waals surface area contributed by atoms with Crippen LogP contribution in [-0.2, 0) is 23.9 Å². The highest BCUT2D eigenvalue weighted by molar-refractivity contribution is 5.87. The Bertz CT molecular complexity index is 438. The minimum atomic E-state index is -0.347. The molecule has 152 valence electrons. The topological polar surface area (TPSA) is 69.7 Å². The molecule has 1 atom stereocenters. The molecule has 0 aliphatic rings. The van der Waals surface area contributed by atoms with E-state index in [9.17, 15) is 14.4 Å². The molecule has 1 unspecified atom stereocenters. The van der Waals surface area contributed by atoms with Crippen molar-refractivity contribution >= 4 is 17.7 Å². The van der Waals surface area contributed by atoms with Gasteiger partial charge >= 0.3 is 11.9 Å². The Labute approximate surface area is 159 Å². The van der Waals surface area contributed by atoms with Crippen molar-refractivity contribution in [1.29, 1.82) is 0 Å². The Kier molecular flexibility index (Phi) is 21.6. The summed E-state index contributed by atoms with van der Waals surface area (Å²) < 4.78 is 9.39. The van der Waals surface area contributed by atoms with E-state index >= 15 is 0 Å². The van der Waals surface area contributed by atoms with Crippen LogP contribution < -0.4 is 0 Å². The number of hydrogen-bond acceptors (Lipinski definition) is 5. The van der Waals surface area contributed by atoms with Gasteiger partial charge in [0.25, 0.3) is 0 Å². The fraction of sp³-hybridized carbons (Fsp3) is 0.667. The summed E-state index contributed by atoms with van der Waals surface area (Å²) in [7, 11) is 1.33. The SMILES string of the molecule is C=C(C)C(=O)OC.C=C(C)C(=O)OCC(CC)CCCC.CCC(C)=O. The third-order valence-corrected chi connectivity index (χ3v) is 3.37. The van der Waals surface area contributed by atoms with Crippen molar-refractivity contribution < 1.29 is 23.9 Å².